The normalized spacial score (nSPS) is 10.6. The molecule has 0 radical (unpaired) electrons. The lowest BCUT2D eigenvalue weighted by atomic mass is 10.2. The minimum absolute atomic E-state index is 0.615. The zero-order valence-electron chi connectivity index (χ0n) is 10.5. The molecule has 0 atom stereocenters. The number of hydrogen-bond acceptors (Lipinski definition) is 1. The first-order valence-corrected chi connectivity index (χ1v) is 6.50. The maximum Gasteiger partial charge on any atom is 0.133 e. The van der Waals surface area contributed by atoms with Gasteiger partial charge in [0.25, 0.3) is 0 Å². The molecule has 0 aliphatic heterocycles. The highest BCUT2D eigenvalue weighted by Gasteiger charge is 2.09. The first-order chi connectivity index (χ1) is 9.24. The second kappa shape index (κ2) is 4.90. The van der Waals surface area contributed by atoms with Crippen molar-refractivity contribution < 1.29 is 0 Å². The van der Waals surface area contributed by atoms with Gasteiger partial charge in [0.1, 0.15) is 5.15 Å². The minimum atomic E-state index is 0.615. The molecule has 2 aromatic carbocycles. The van der Waals surface area contributed by atoms with E-state index in [-0.39, 0.29) is 0 Å². The van der Waals surface area contributed by atoms with Crippen LogP contribution in [0, 0.1) is 6.92 Å². The smallest absolute Gasteiger partial charge is 0.133 e. The number of aromatic nitrogens is 2. The topological polar surface area (TPSA) is 17.8 Å². The highest BCUT2D eigenvalue weighted by atomic mass is 35.5. The van der Waals surface area contributed by atoms with Gasteiger partial charge in [-0.25, -0.2) is 4.68 Å². The first-order valence-electron chi connectivity index (χ1n) is 6.12. The molecule has 0 fully saturated rings. The second-order valence-electron chi connectivity index (χ2n) is 4.47. The summed E-state index contributed by atoms with van der Waals surface area (Å²) in [4.78, 5) is 0. The van der Waals surface area contributed by atoms with Gasteiger partial charge in [-0.05, 0) is 24.6 Å². The molecule has 94 valence electrons. The standard InChI is InChI=1S/C16H13ClN2/c1-12-6-5-9-14(10-12)19-16(17)11-15(18-19)13-7-3-2-4-8-13/h2-11H,1H3. The lowest BCUT2D eigenvalue weighted by molar-refractivity contribution is 0.884. The number of nitrogens with zero attached hydrogens (tertiary/aromatic N) is 2. The average Bonchev–Trinajstić information content (AvgIpc) is 2.82. The molecule has 19 heavy (non-hydrogen) atoms. The largest absolute Gasteiger partial charge is 0.222 e. The van der Waals surface area contributed by atoms with Crippen LogP contribution in [0.15, 0.2) is 60.7 Å². The number of hydrogen-bond donors (Lipinski definition) is 0. The van der Waals surface area contributed by atoms with Crippen molar-refractivity contribution in [3.8, 4) is 16.9 Å². The van der Waals surface area contributed by atoms with Crippen LogP contribution in [-0.4, -0.2) is 9.78 Å². The predicted octanol–water partition coefficient (Wildman–Crippen LogP) is 4.50. The summed E-state index contributed by atoms with van der Waals surface area (Å²) in [5.41, 5.74) is 4.11. The Bertz CT molecular complexity index is 702. The number of benzene rings is 2. The molecular weight excluding hydrogens is 256 g/mol. The fraction of sp³-hybridized carbons (Fsp3) is 0.0625. The van der Waals surface area contributed by atoms with E-state index in [1.165, 1.54) is 5.56 Å². The van der Waals surface area contributed by atoms with Gasteiger partial charge in [-0.1, -0.05) is 54.1 Å². The molecule has 0 amide bonds. The van der Waals surface area contributed by atoms with Crippen molar-refractivity contribution in [2.45, 2.75) is 6.92 Å². The van der Waals surface area contributed by atoms with Crippen LogP contribution in [0.3, 0.4) is 0 Å². The highest BCUT2D eigenvalue weighted by Crippen LogP contribution is 2.24. The molecule has 3 rings (SSSR count). The van der Waals surface area contributed by atoms with E-state index in [1.807, 2.05) is 48.5 Å². The van der Waals surface area contributed by atoms with Crippen LogP contribution < -0.4 is 0 Å². The van der Waals surface area contributed by atoms with Gasteiger partial charge in [0.05, 0.1) is 11.4 Å². The number of aryl methyl sites for hydroxylation is 1. The first kappa shape index (κ1) is 12.0. The molecule has 0 unspecified atom stereocenters. The Hall–Kier alpha value is -2.06. The van der Waals surface area contributed by atoms with Crippen molar-refractivity contribution in [1.29, 1.82) is 0 Å². The Morgan fingerprint density at radius 3 is 2.47 bits per heavy atom. The Morgan fingerprint density at radius 2 is 1.74 bits per heavy atom. The van der Waals surface area contributed by atoms with Crippen LogP contribution in [0.25, 0.3) is 16.9 Å². The molecule has 3 heteroatoms. The van der Waals surface area contributed by atoms with Crippen LogP contribution in [0.5, 0.6) is 0 Å². The van der Waals surface area contributed by atoms with Crippen LogP contribution in [0.4, 0.5) is 0 Å². The summed E-state index contributed by atoms with van der Waals surface area (Å²) in [7, 11) is 0. The molecule has 0 aliphatic carbocycles. The van der Waals surface area contributed by atoms with Gasteiger partial charge in [0, 0.05) is 11.6 Å². The third kappa shape index (κ3) is 2.40. The molecule has 0 N–H and O–H groups in total. The lowest BCUT2D eigenvalue weighted by Gasteiger charge is -2.03. The summed E-state index contributed by atoms with van der Waals surface area (Å²) in [6.07, 6.45) is 0. The molecule has 0 aliphatic rings. The third-order valence-corrected chi connectivity index (χ3v) is 3.25. The van der Waals surface area contributed by atoms with E-state index in [4.69, 9.17) is 11.6 Å². The van der Waals surface area contributed by atoms with Crippen molar-refractivity contribution in [3.05, 3.63) is 71.4 Å². The molecular formula is C16H13ClN2. The third-order valence-electron chi connectivity index (χ3n) is 2.98. The van der Waals surface area contributed by atoms with Crippen LogP contribution in [-0.2, 0) is 0 Å². The van der Waals surface area contributed by atoms with Gasteiger partial charge in [0.2, 0.25) is 0 Å². The summed E-state index contributed by atoms with van der Waals surface area (Å²) in [6.45, 7) is 2.05. The molecule has 3 aromatic rings. The Morgan fingerprint density at radius 1 is 0.947 bits per heavy atom. The minimum Gasteiger partial charge on any atom is -0.222 e. The van der Waals surface area contributed by atoms with Crippen LogP contribution in [0.1, 0.15) is 5.56 Å². The van der Waals surface area contributed by atoms with Gasteiger partial charge in [-0.15, -0.1) is 0 Å². The van der Waals surface area contributed by atoms with Crippen molar-refractivity contribution in [2.75, 3.05) is 0 Å². The summed E-state index contributed by atoms with van der Waals surface area (Å²) in [6, 6.07) is 20.0. The van der Waals surface area contributed by atoms with Gasteiger partial charge >= 0.3 is 0 Å². The second-order valence-corrected chi connectivity index (χ2v) is 4.86. The number of rotatable bonds is 2. The summed E-state index contributed by atoms with van der Waals surface area (Å²) >= 11 is 6.28. The Labute approximate surface area is 117 Å². The maximum absolute atomic E-state index is 6.28. The van der Waals surface area contributed by atoms with Crippen LogP contribution in [0.2, 0.25) is 5.15 Å². The van der Waals surface area contributed by atoms with Gasteiger partial charge in [0.15, 0.2) is 0 Å². The lowest BCUT2D eigenvalue weighted by Crippen LogP contribution is -1.96. The van der Waals surface area contributed by atoms with Crippen molar-refractivity contribution >= 4 is 11.6 Å². The van der Waals surface area contributed by atoms with E-state index in [0.717, 1.165) is 16.9 Å². The van der Waals surface area contributed by atoms with Crippen molar-refractivity contribution in [1.82, 2.24) is 9.78 Å². The molecule has 0 saturated carbocycles. The van der Waals surface area contributed by atoms with E-state index >= 15 is 0 Å². The SMILES string of the molecule is Cc1cccc(-n2nc(-c3ccccc3)cc2Cl)c1. The van der Waals surface area contributed by atoms with Gasteiger partial charge < -0.3 is 0 Å². The van der Waals surface area contributed by atoms with Crippen molar-refractivity contribution in [2.24, 2.45) is 0 Å². The molecule has 1 heterocycles. The highest BCUT2D eigenvalue weighted by molar-refractivity contribution is 6.30. The zero-order chi connectivity index (χ0) is 13.2. The van der Waals surface area contributed by atoms with E-state index in [0.29, 0.717) is 5.15 Å². The van der Waals surface area contributed by atoms with Crippen LogP contribution >= 0.6 is 11.6 Å². The quantitative estimate of drug-likeness (QED) is 0.669. The average molecular weight is 269 g/mol. The molecule has 2 nitrogen and oxygen atoms in total. The maximum atomic E-state index is 6.28. The Balaban J connectivity index is 2.08. The molecule has 0 saturated heterocycles. The molecule has 1 aromatic heterocycles. The predicted molar refractivity (Wildman–Crippen MR) is 78.7 cm³/mol. The van der Waals surface area contributed by atoms with E-state index in [1.54, 1.807) is 4.68 Å². The summed E-state index contributed by atoms with van der Waals surface area (Å²) < 4.78 is 1.76. The molecule has 0 bridgehead atoms. The van der Waals surface area contributed by atoms with E-state index in [9.17, 15) is 0 Å². The number of halogens is 1. The van der Waals surface area contributed by atoms with Gasteiger partial charge in [-0.3, -0.25) is 0 Å². The van der Waals surface area contributed by atoms with E-state index in [2.05, 4.69) is 24.2 Å². The summed E-state index contributed by atoms with van der Waals surface area (Å²) in [5, 5.41) is 5.19. The fourth-order valence-electron chi connectivity index (χ4n) is 2.05. The molecule has 0 spiro atoms. The van der Waals surface area contributed by atoms with Crippen molar-refractivity contribution in [3.63, 3.8) is 0 Å². The zero-order valence-corrected chi connectivity index (χ0v) is 11.3. The van der Waals surface area contributed by atoms with Gasteiger partial charge in [-0.2, -0.15) is 5.10 Å². The van der Waals surface area contributed by atoms with E-state index < -0.39 is 0 Å². The fourth-order valence-corrected chi connectivity index (χ4v) is 2.29. The summed E-state index contributed by atoms with van der Waals surface area (Å²) in [5.74, 6) is 0. The monoisotopic (exact) mass is 268 g/mol. The Kier molecular flexibility index (Phi) is 3.10.